The lowest BCUT2D eigenvalue weighted by atomic mass is 10.2. The van der Waals surface area contributed by atoms with E-state index in [0.29, 0.717) is 10.7 Å². The van der Waals surface area contributed by atoms with Crippen LogP contribution < -0.4 is 16.8 Å². The summed E-state index contributed by atoms with van der Waals surface area (Å²) in [6.07, 6.45) is -0.208. The molecule has 0 heterocycles. The molecule has 1 atom stereocenters. The number of nitrogens with one attached hydrogen (secondary N) is 1. The first-order chi connectivity index (χ1) is 7.90. The van der Waals surface area contributed by atoms with E-state index in [2.05, 4.69) is 21.2 Å². The summed E-state index contributed by atoms with van der Waals surface area (Å²) in [5.41, 5.74) is 10.9. The molecule has 5 nitrogen and oxygen atoms in total. The highest BCUT2D eigenvalue weighted by Crippen LogP contribution is 2.25. The number of anilines is 1. The van der Waals surface area contributed by atoms with E-state index in [-0.39, 0.29) is 6.42 Å². The van der Waals surface area contributed by atoms with E-state index < -0.39 is 17.9 Å². The van der Waals surface area contributed by atoms with Crippen LogP contribution in [-0.2, 0) is 9.59 Å². The number of rotatable bonds is 4. The van der Waals surface area contributed by atoms with Gasteiger partial charge in [0.2, 0.25) is 11.8 Å². The van der Waals surface area contributed by atoms with Gasteiger partial charge in [0.15, 0.2) is 0 Å². The average Bonchev–Trinajstić information content (AvgIpc) is 2.21. The molecule has 0 saturated heterocycles. The molecule has 0 aliphatic carbocycles. The molecule has 2 amide bonds. The number of halogens is 2. The number of carbonyl (C=O) groups is 2. The van der Waals surface area contributed by atoms with Gasteiger partial charge >= 0.3 is 0 Å². The highest BCUT2D eigenvalue weighted by Gasteiger charge is 2.16. The molecule has 1 rings (SSSR count). The van der Waals surface area contributed by atoms with E-state index in [1.807, 2.05) is 0 Å². The zero-order valence-corrected chi connectivity index (χ0v) is 11.1. The zero-order valence-electron chi connectivity index (χ0n) is 8.74. The lowest BCUT2D eigenvalue weighted by Crippen LogP contribution is -2.39. The second-order valence-electron chi connectivity index (χ2n) is 3.39. The Morgan fingerprint density at radius 3 is 2.65 bits per heavy atom. The summed E-state index contributed by atoms with van der Waals surface area (Å²) in [6, 6.07) is 4.01. The van der Waals surface area contributed by atoms with Crippen molar-refractivity contribution in [1.82, 2.24) is 0 Å². The summed E-state index contributed by atoms with van der Waals surface area (Å²) < 4.78 is 0.793. The van der Waals surface area contributed by atoms with Crippen molar-refractivity contribution in [1.29, 1.82) is 0 Å². The summed E-state index contributed by atoms with van der Waals surface area (Å²) in [4.78, 5) is 22.2. The van der Waals surface area contributed by atoms with Gasteiger partial charge in [0.05, 0.1) is 23.2 Å². The second kappa shape index (κ2) is 6.00. The first-order valence-electron chi connectivity index (χ1n) is 4.70. The quantitative estimate of drug-likeness (QED) is 0.778. The molecule has 0 spiro atoms. The number of nitrogens with two attached hydrogens (primary N) is 2. The predicted molar refractivity (Wildman–Crippen MR) is 69.6 cm³/mol. The van der Waals surface area contributed by atoms with Crippen LogP contribution in [0.15, 0.2) is 22.7 Å². The van der Waals surface area contributed by atoms with Gasteiger partial charge in [-0.1, -0.05) is 27.5 Å². The number of hydrogen-bond acceptors (Lipinski definition) is 3. The molecule has 0 saturated carbocycles. The molecule has 0 aromatic heterocycles. The van der Waals surface area contributed by atoms with E-state index in [4.69, 9.17) is 23.1 Å². The molecule has 7 heteroatoms. The van der Waals surface area contributed by atoms with Gasteiger partial charge in [-0.25, -0.2) is 0 Å². The highest BCUT2D eigenvalue weighted by molar-refractivity contribution is 9.10. The van der Waals surface area contributed by atoms with Crippen molar-refractivity contribution in [2.24, 2.45) is 11.5 Å². The van der Waals surface area contributed by atoms with Crippen LogP contribution in [0.1, 0.15) is 6.42 Å². The second-order valence-corrected chi connectivity index (χ2v) is 4.71. The molecule has 5 N–H and O–H groups in total. The van der Waals surface area contributed by atoms with Crippen LogP contribution in [-0.4, -0.2) is 17.9 Å². The van der Waals surface area contributed by atoms with Crippen LogP contribution in [0, 0.1) is 0 Å². The standard InChI is InChI=1S/C10H11BrClN3O2/c11-5-1-2-8(6(12)3-5)15-10(17)7(13)4-9(14)16/h1-3,7H,4,13H2,(H2,14,16)(H,15,17). The molecule has 92 valence electrons. The molecule has 1 aromatic carbocycles. The molecule has 0 aliphatic heterocycles. The molecule has 17 heavy (non-hydrogen) atoms. The Balaban J connectivity index is 2.71. The molecule has 1 unspecified atom stereocenters. The van der Waals surface area contributed by atoms with Crippen LogP contribution in [0.5, 0.6) is 0 Å². The Labute approximate surface area is 112 Å². The molecule has 1 aromatic rings. The Morgan fingerprint density at radius 1 is 1.47 bits per heavy atom. The predicted octanol–water partition coefficient (Wildman–Crippen LogP) is 1.24. The Morgan fingerprint density at radius 2 is 2.12 bits per heavy atom. The maximum atomic E-state index is 11.6. The fourth-order valence-electron chi connectivity index (χ4n) is 1.13. The minimum Gasteiger partial charge on any atom is -0.370 e. The highest BCUT2D eigenvalue weighted by atomic mass is 79.9. The zero-order chi connectivity index (χ0) is 13.0. The lowest BCUT2D eigenvalue weighted by Gasteiger charge is -2.11. The van der Waals surface area contributed by atoms with Crippen LogP contribution >= 0.6 is 27.5 Å². The van der Waals surface area contributed by atoms with Gasteiger partial charge in [0.25, 0.3) is 0 Å². The van der Waals surface area contributed by atoms with Gasteiger partial charge in [-0.15, -0.1) is 0 Å². The summed E-state index contributed by atoms with van der Waals surface area (Å²) in [5.74, 6) is -1.14. The number of primary amides is 1. The monoisotopic (exact) mass is 319 g/mol. The van der Waals surface area contributed by atoms with Crippen LogP contribution in [0.25, 0.3) is 0 Å². The average molecular weight is 321 g/mol. The summed E-state index contributed by atoms with van der Waals surface area (Å²) >= 11 is 9.15. The van der Waals surface area contributed by atoms with Crippen LogP contribution in [0.2, 0.25) is 5.02 Å². The Bertz CT molecular complexity index is 453. The van der Waals surface area contributed by atoms with Crippen molar-refractivity contribution >= 4 is 45.0 Å². The van der Waals surface area contributed by atoms with E-state index in [1.54, 1.807) is 18.2 Å². The third-order valence-electron chi connectivity index (χ3n) is 1.95. The molecule has 0 radical (unpaired) electrons. The van der Waals surface area contributed by atoms with Crippen molar-refractivity contribution < 1.29 is 9.59 Å². The van der Waals surface area contributed by atoms with E-state index >= 15 is 0 Å². The largest absolute Gasteiger partial charge is 0.370 e. The fourth-order valence-corrected chi connectivity index (χ4v) is 1.85. The normalized spacial score (nSPS) is 11.9. The molecule has 0 fully saturated rings. The van der Waals surface area contributed by atoms with Crippen LogP contribution in [0.4, 0.5) is 5.69 Å². The lowest BCUT2D eigenvalue weighted by molar-refractivity contribution is -0.123. The van der Waals surface area contributed by atoms with Gasteiger partial charge in [0, 0.05) is 4.47 Å². The topological polar surface area (TPSA) is 98.2 Å². The SMILES string of the molecule is NC(=O)CC(N)C(=O)Nc1ccc(Br)cc1Cl. The van der Waals surface area contributed by atoms with Gasteiger partial charge in [-0.3, -0.25) is 9.59 Å². The van der Waals surface area contributed by atoms with Crippen LogP contribution in [0.3, 0.4) is 0 Å². The van der Waals surface area contributed by atoms with Gasteiger partial charge in [0.1, 0.15) is 0 Å². The van der Waals surface area contributed by atoms with E-state index in [9.17, 15) is 9.59 Å². The fraction of sp³-hybridized carbons (Fsp3) is 0.200. The van der Waals surface area contributed by atoms with Gasteiger partial charge in [-0.2, -0.15) is 0 Å². The van der Waals surface area contributed by atoms with Crippen molar-refractivity contribution in [3.05, 3.63) is 27.7 Å². The van der Waals surface area contributed by atoms with Gasteiger partial charge in [-0.05, 0) is 18.2 Å². The molecule has 0 aliphatic rings. The Hall–Kier alpha value is -1.11. The number of amides is 2. The first kappa shape index (κ1) is 14.0. The third kappa shape index (κ3) is 4.33. The summed E-state index contributed by atoms with van der Waals surface area (Å²) in [7, 11) is 0. The molecule has 0 bridgehead atoms. The van der Waals surface area contributed by atoms with Crippen molar-refractivity contribution in [2.75, 3.05) is 5.32 Å². The number of carbonyl (C=O) groups excluding carboxylic acids is 2. The number of benzene rings is 1. The minimum absolute atomic E-state index is 0.208. The van der Waals surface area contributed by atoms with Crippen molar-refractivity contribution in [2.45, 2.75) is 12.5 Å². The van der Waals surface area contributed by atoms with Crippen molar-refractivity contribution in [3.63, 3.8) is 0 Å². The maximum absolute atomic E-state index is 11.6. The minimum atomic E-state index is -0.979. The maximum Gasteiger partial charge on any atom is 0.241 e. The summed E-state index contributed by atoms with van der Waals surface area (Å²) in [6.45, 7) is 0. The third-order valence-corrected chi connectivity index (χ3v) is 2.75. The summed E-state index contributed by atoms with van der Waals surface area (Å²) in [5, 5.41) is 2.89. The van der Waals surface area contributed by atoms with E-state index in [0.717, 1.165) is 4.47 Å². The Kier molecular flexibility index (Phi) is 4.92. The van der Waals surface area contributed by atoms with E-state index in [1.165, 1.54) is 0 Å². The molecular weight excluding hydrogens is 309 g/mol. The number of hydrogen-bond donors (Lipinski definition) is 3. The first-order valence-corrected chi connectivity index (χ1v) is 5.87. The smallest absolute Gasteiger partial charge is 0.241 e. The molecular formula is C10H11BrClN3O2. The van der Waals surface area contributed by atoms with Gasteiger partial charge < -0.3 is 16.8 Å². The van der Waals surface area contributed by atoms with Crippen molar-refractivity contribution in [3.8, 4) is 0 Å².